The first-order valence-corrected chi connectivity index (χ1v) is 15.5. The Morgan fingerprint density at radius 1 is 0.932 bits per heavy atom. The minimum Gasteiger partial charge on any atom is -0.462 e. The lowest BCUT2D eigenvalue weighted by molar-refractivity contribution is -0.148. The number of hydrogen-bond donors (Lipinski definition) is 2. The molecule has 11 heteroatoms. The molecule has 0 saturated carbocycles. The fraction of sp³-hybridized carbons (Fsp3) is 0.576. The van der Waals surface area contributed by atoms with Gasteiger partial charge in [-0.1, -0.05) is 18.6 Å². The van der Waals surface area contributed by atoms with E-state index in [2.05, 4.69) is 29.7 Å². The topological polar surface area (TPSA) is 99.3 Å². The summed E-state index contributed by atoms with van der Waals surface area (Å²) >= 11 is 0. The largest absolute Gasteiger partial charge is 0.462 e. The smallest absolute Gasteiger partial charge is 0.416 e. The lowest BCUT2D eigenvalue weighted by Gasteiger charge is -2.39. The van der Waals surface area contributed by atoms with Crippen molar-refractivity contribution in [3.63, 3.8) is 0 Å². The van der Waals surface area contributed by atoms with Crippen LogP contribution < -0.4 is 5.73 Å². The Morgan fingerprint density at radius 3 is 2.18 bits per heavy atom. The number of rotatable bonds is 10. The molecule has 2 saturated heterocycles. The SMILES string of the molecule is Cc1c(C[C@H](N)C(=O)OC[C@H](O)CN2CCCCC2)ccc(C(C)N2CCN(C(=O)c3ccc(C(F)(F)F)cc3)CC2)c1C. The van der Waals surface area contributed by atoms with Gasteiger partial charge in [-0.25, -0.2) is 0 Å². The summed E-state index contributed by atoms with van der Waals surface area (Å²) in [5, 5.41) is 10.3. The molecule has 3 atom stereocenters. The van der Waals surface area contributed by atoms with Crippen molar-refractivity contribution in [1.82, 2.24) is 14.7 Å². The molecule has 0 aliphatic carbocycles. The van der Waals surface area contributed by atoms with Crippen LogP contribution in [0.5, 0.6) is 0 Å². The van der Waals surface area contributed by atoms with Gasteiger partial charge in [-0.05, 0) is 99.6 Å². The van der Waals surface area contributed by atoms with Crippen LogP contribution in [0.25, 0.3) is 0 Å². The van der Waals surface area contributed by atoms with Gasteiger partial charge in [0.25, 0.3) is 5.91 Å². The highest BCUT2D eigenvalue weighted by atomic mass is 19.4. The van der Waals surface area contributed by atoms with Gasteiger partial charge in [-0.2, -0.15) is 13.2 Å². The Bertz CT molecular complexity index is 1270. The number of benzene rings is 2. The number of esters is 1. The third kappa shape index (κ3) is 8.59. The van der Waals surface area contributed by atoms with Crippen LogP contribution in [-0.4, -0.2) is 96.2 Å². The van der Waals surface area contributed by atoms with E-state index < -0.39 is 29.9 Å². The molecule has 0 radical (unpaired) electrons. The van der Waals surface area contributed by atoms with Gasteiger partial charge in [-0.3, -0.25) is 14.5 Å². The summed E-state index contributed by atoms with van der Waals surface area (Å²) in [6, 6.07) is 7.65. The zero-order valence-corrected chi connectivity index (χ0v) is 25.9. The highest BCUT2D eigenvalue weighted by Gasteiger charge is 2.31. The lowest BCUT2D eigenvalue weighted by atomic mass is 9.91. The van der Waals surface area contributed by atoms with Crippen LogP contribution in [0.1, 0.15) is 70.4 Å². The van der Waals surface area contributed by atoms with E-state index >= 15 is 0 Å². The number of carbonyl (C=O) groups is 2. The maximum atomic E-state index is 12.9. The Hall–Kier alpha value is -2.99. The number of amides is 1. The predicted octanol–water partition coefficient (Wildman–Crippen LogP) is 4.10. The number of aliphatic hydroxyl groups excluding tert-OH is 1. The molecule has 2 heterocycles. The van der Waals surface area contributed by atoms with Crippen molar-refractivity contribution >= 4 is 11.9 Å². The number of β-amino-alcohol motifs (C(OH)–C–C–N with tert-alkyl or cyclic N) is 1. The van der Waals surface area contributed by atoms with Crippen LogP contribution in [0.4, 0.5) is 13.2 Å². The van der Waals surface area contributed by atoms with Crippen LogP contribution >= 0.6 is 0 Å². The molecule has 2 aromatic carbocycles. The minimum absolute atomic E-state index is 0.0688. The maximum Gasteiger partial charge on any atom is 0.416 e. The molecule has 3 N–H and O–H groups in total. The number of nitrogens with zero attached hydrogens (tertiary/aromatic N) is 3. The lowest BCUT2D eigenvalue weighted by Crippen LogP contribution is -2.49. The zero-order chi connectivity index (χ0) is 32.0. The first-order chi connectivity index (χ1) is 20.8. The number of aliphatic hydroxyl groups is 1. The van der Waals surface area contributed by atoms with E-state index in [1.165, 1.54) is 18.6 Å². The van der Waals surface area contributed by atoms with Crippen molar-refractivity contribution in [2.45, 2.75) is 70.8 Å². The van der Waals surface area contributed by atoms with Crippen LogP contribution in [-0.2, 0) is 22.1 Å². The molecule has 242 valence electrons. The van der Waals surface area contributed by atoms with E-state index in [1.807, 2.05) is 13.0 Å². The molecule has 0 bridgehead atoms. The number of piperidine rings is 1. The van der Waals surface area contributed by atoms with Crippen molar-refractivity contribution in [3.05, 3.63) is 69.8 Å². The molecular formula is C33H45F3N4O4. The monoisotopic (exact) mass is 618 g/mol. The summed E-state index contributed by atoms with van der Waals surface area (Å²) in [6.07, 6.45) is -1.38. The first kappa shape index (κ1) is 33.9. The van der Waals surface area contributed by atoms with Crippen molar-refractivity contribution < 1.29 is 32.6 Å². The summed E-state index contributed by atoms with van der Waals surface area (Å²) in [6.45, 7) is 10.7. The molecular weight excluding hydrogens is 573 g/mol. The quantitative estimate of drug-likeness (QED) is 0.387. The molecule has 4 rings (SSSR count). The van der Waals surface area contributed by atoms with E-state index in [4.69, 9.17) is 10.5 Å². The Labute approximate surface area is 257 Å². The van der Waals surface area contributed by atoms with Crippen LogP contribution in [0.3, 0.4) is 0 Å². The van der Waals surface area contributed by atoms with Crippen molar-refractivity contribution in [2.24, 2.45) is 5.73 Å². The van der Waals surface area contributed by atoms with E-state index in [1.54, 1.807) is 4.90 Å². The van der Waals surface area contributed by atoms with Crippen molar-refractivity contribution in [3.8, 4) is 0 Å². The number of alkyl halides is 3. The summed E-state index contributed by atoms with van der Waals surface area (Å²) in [7, 11) is 0. The summed E-state index contributed by atoms with van der Waals surface area (Å²) in [5.74, 6) is -0.797. The average Bonchev–Trinajstić information content (AvgIpc) is 3.01. The molecule has 2 aliphatic heterocycles. The average molecular weight is 619 g/mol. The van der Waals surface area contributed by atoms with Gasteiger partial charge >= 0.3 is 12.1 Å². The van der Waals surface area contributed by atoms with Gasteiger partial charge in [0.15, 0.2) is 0 Å². The summed E-state index contributed by atoms with van der Waals surface area (Å²) < 4.78 is 44.0. The molecule has 2 fully saturated rings. The number of halogens is 3. The van der Waals surface area contributed by atoms with Crippen LogP contribution in [0.15, 0.2) is 36.4 Å². The molecule has 8 nitrogen and oxygen atoms in total. The highest BCUT2D eigenvalue weighted by Crippen LogP contribution is 2.30. The number of likely N-dealkylation sites (tertiary alicyclic amines) is 1. The molecule has 0 aromatic heterocycles. The normalized spacial score (nSPS) is 19.0. The Kier molecular flexibility index (Phi) is 11.4. The highest BCUT2D eigenvalue weighted by molar-refractivity contribution is 5.94. The number of hydrogen-bond acceptors (Lipinski definition) is 7. The van der Waals surface area contributed by atoms with Gasteiger partial charge in [0.2, 0.25) is 0 Å². The summed E-state index contributed by atoms with van der Waals surface area (Å²) in [4.78, 5) is 31.7. The molecule has 2 aromatic rings. The third-order valence-corrected chi connectivity index (χ3v) is 9.08. The zero-order valence-electron chi connectivity index (χ0n) is 25.9. The van der Waals surface area contributed by atoms with Crippen molar-refractivity contribution in [1.29, 1.82) is 0 Å². The standard InChI is InChI=1S/C33H45F3N4O4/c1-22-23(2)29(12-9-26(22)19-30(37)32(43)44-21-28(41)20-38-13-5-4-6-14-38)24(3)39-15-17-40(18-16-39)31(42)25-7-10-27(11-8-25)33(34,35)36/h7-12,24,28,30,41H,4-6,13-21,37H2,1-3H3/t24?,28-,30+/m1/s1. The molecule has 1 unspecified atom stereocenters. The summed E-state index contributed by atoms with van der Waals surface area (Å²) in [5.41, 5.74) is 9.94. The minimum atomic E-state index is -4.44. The second kappa shape index (κ2) is 14.9. The fourth-order valence-electron chi connectivity index (χ4n) is 6.16. The van der Waals surface area contributed by atoms with Gasteiger partial charge in [-0.15, -0.1) is 0 Å². The van der Waals surface area contributed by atoms with Gasteiger partial charge < -0.3 is 25.4 Å². The number of nitrogens with two attached hydrogens (primary N) is 1. The maximum absolute atomic E-state index is 12.9. The Balaban J connectivity index is 1.28. The third-order valence-electron chi connectivity index (χ3n) is 9.08. The van der Waals surface area contributed by atoms with Gasteiger partial charge in [0.1, 0.15) is 18.8 Å². The molecule has 44 heavy (non-hydrogen) atoms. The Morgan fingerprint density at radius 2 is 1.57 bits per heavy atom. The van der Waals surface area contributed by atoms with E-state index in [-0.39, 0.29) is 24.1 Å². The van der Waals surface area contributed by atoms with Gasteiger partial charge in [0.05, 0.1) is 5.56 Å². The van der Waals surface area contributed by atoms with Crippen LogP contribution in [0.2, 0.25) is 0 Å². The second-order valence-corrected chi connectivity index (χ2v) is 12.1. The molecule has 1 amide bonds. The van der Waals surface area contributed by atoms with E-state index in [0.29, 0.717) is 39.1 Å². The van der Waals surface area contributed by atoms with Crippen LogP contribution in [0, 0.1) is 13.8 Å². The van der Waals surface area contributed by atoms with Crippen molar-refractivity contribution in [2.75, 3.05) is 52.4 Å². The number of ether oxygens (including phenoxy) is 1. The van der Waals surface area contributed by atoms with E-state index in [9.17, 15) is 27.9 Å². The second-order valence-electron chi connectivity index (χ2n) is 12.1. The van der Waals surface area contributed by atoms with Gasteiger partial charge in [0, 0.05) is 44.3 Å². The predicted molar refractivity (Wildman–Crippen MR) is 162 cm³/mol. The van der Waals surface area contributed by atoms with E-state index in [0.717, 1.165) is 60.3 Å². The number of piperazine rings is 1. The first-order valence-electron chi connectivity index (χ1n) is 15.5. The number of carbonyl (C=O) groups excluding carboxylic acids is 2. The molecule has 2 aliphatic rings. The fourth-order valence-corrected chi connectivity index (χ4v) is 6.16. The molecule has 0 spiro atoms.